The van der Waals surface area contributed by atoms with E-state index >= 15 is 0 Å². The molecule has 0 heterocycles. The molecule has 0 radical (unpaired) electrons. The Balaban J connectivity index is 2.78. The molecule has 1 amide bonds. The third kappa shape index (κ3) is 2.68. The first kappa shape index (κ1) is 10.9. The number of halogens is 2. The van der Waals surface area contributed by atoms with Crippen LogP contribution in [0.3, 0.4) is 0 Å². The second-order valence-corrected chi connectivity index (χ2v) is 3.20. The molecule has 0 bridgehead atoms. The van der Waals surface area contributed by atoms with Crippen molar-refractivity contribution in [1.82, 2.24) is 0 Å². The van der Waals surface area contributed by atoms with Crippen LogP contribution in [0.5, 0.6) is 0 Å². The summed E-state index contributed by atoms with van der Waals surface area (Å²) in [6, 6.07) is 3.78. The van der Waals surface area contributed by atoms with Crippen molar-refractivity contribution in [3.63, 3.8) is 0 Å². The van der Waals surface area contributed by atoms with Gasteiger partial charge in [-0.05, 0) is 25.1 Å². The summed E-state index contributed by atoms with van der Waals surface area (Å²) in [4.78, 5) is 11.0. The Morgan fingerprint density at radius 3 is 2.79 bits per heavy atom. The third-order valence-electron chi connectivity index (χ3n) is 1.57. The molecule has 1 atom stereocenters. The van der Waals surface area contributed by atoms with Crippen molar-refractivity contribution in [1.29, 1.82) is 0 Å². The quantitative estimate of drug-likeness (QED) is 0.794. The molecule has 1 unspecified atom stereocenters. The lowest BCUT2D eigenvalue weighted by Gasteiger charge is -2.07. The number of carbonyl (C=O) groups is 1. The molecule has 1 aromatic rings. The van der Waals surface area contributed by atoms with E-state index in [9.17, 15) is 9.18 Å². The average molecular weight is 218 g/mol. The van der Waals surface area contributed by atoms with Crippen molar-refractivity contribution in [3.05, 3.63) is 29.0 Å². The van der Waals surface area contributed by atoms with Gasteiger partial charge in [0.05, 0.1) is 5.02 Å². The summed E-state index contributed by atoms with van der Waals surface area (Å²) < 4.78 is 12.7. The van der Waals surface area contributed by atoms with Gasteiger partial charge >= 0.3 is 0 Å². The zero-order valence-electron chi connectivity index (χ0n) is 7.42. The van der Waals surface area contributed by atoms with E-state index in [2.05, 4.69) is 5.32 Å². The Bertz CT molecular complexity index is 355. The monoisotopic (exact) mass is 217 g/mol. The normalized spacial score (nSPS) is 12.3. The fraction of sp³-hybridized carbons (Fsp3) is 0.222. The molecule has 0 aliphatic carbocycles. The predicted molar refractivity (Wildman–Crippen MR) is 51.7 cm³/mol. The molecule has 5 heteroatoms. The lowest BCUT2D eigenvalue weighted by Crippen LogP contribution is -2.24. The number of aliphatic hydroxyl groups is 1. The Labute approximate surface area is 85.5 Å². The van der Waals surface area contributed by atoms with E-state index in [1.54, 1.807) is 0 Å². The molecule has 0 aliphatic heterocycles. The minimum Gasteiger partial charge on any atom is -0.384 e. The molecule has 14 heavy (non-hydrogen) atoms. The van der Waals surface area contributed by atoms with Gasteiger partial charge in [0.25, 0.3) is 5.91 Å². The number of hydrogen-bond donors (Lipinski definition) is 2. The van der Waals surface area contributed by atoms with E-state index in [0.29, 0.717) is 5.69 Å². The molecule has 1 rings (SSSR count). The van der Waals surface area contributed by atoms with E-state index in [1.165, 1.54) is 19.1 Å². The zero-order chi connectivity index (χ0) is 10.7. The van der Waals surface area contributed by atoms with Crippen LogP contribution in [0.2, 0.25) is 5.02 Å². The molecule has 0 aliphatic rings. The molecule has 3 nitrogen and oxygen atoms in total. The van der Waals surface area contributed by atoms with Gasteiger partial charge in [0.1, 0.15) is 11.9 Å². The highest BCUT2D eigenvalue weighted by molar-refractivity contribution is 6.31. The minimum atomic E-state index is -1.11. The van der Waals surface area contributed by atoms with Crippen molar-refractivity contribution in [3.8, 4) is 0 Å². The van der Waals surface area contributed by atoms with Gasteiger partial charge in [0.15, 0.2) is 0 Å². The topological polar surface area (TPSA) is 49.3 Å². The average Bonchev–Trinajstić information content (AvgIpc) is 2.11. The van der Waals surface area contributed by atoms with E-state index in [4.69, 9.17) is 16.7 Å². The van der Waals surface area contributed by atoms with Crippen LogP contribution in [0.4, 0.5) is 10.1 Å². The Morgan fingerprint density at radius 2 is 2.29 bits per heavy atom. The number of amides is 1. The number of rotatable bonds is 2. The fourth-order valence-corrected chi connectivity index (χ4v) is 1.00. The van der Waals surface area contributed by atoms with Crippen molar-refractivity contribution in [2.75, 3.05) is 5.32 Å². The Hall–Kier alpha value is -1.13. The molecule has 0 saturated heterocycles. The van der Waals surface area contributed by atoms with E-state index in [-0.39, 0.29) is 5.02 Å². The van der Waals surface area contributed by atoms with Gasteiger partial charge < -0.3 is 10.4 Å². The fourth-order valence-electron chi connectivity index (χ4n) is 0.821. The first-order valence-electron chi connectivity index (χ1n) is 3.94. The number of benzene rings is 1. The molecule has 1 aromatic carbocycles. The van der Waals surface area contributed by atoms with E-state index < -0.39 is 17.8 Å². The summed E-state index contributed by atoms with van der Waals surface area (Å²) in [5.41, 5.74) is 0.349. The molecule has 0 spiro atoms. The summed E-state index contributed by atoms with van der Waals surface area (Å²) in [5, 5.41) is 11.2. The van der Waals surface area contributed by atoms with Crippen LogP contribution in [-0.4, -0.2) is 17.1 Å². The van der Waals surface area contributed by atoms with E-state index in [0.717, 1.165) is 6.07 Å². The summed E-state index contributed by atoms with van der Waals surface area (Å²) in [6.45, 7) is 1.33. The summed E-state index contributed by atoms with van der Waals surface area (Å²) in [7, 11) is 0. The number of carbonyl (C=O) groups excluding carboxylic acids is 1. The summed E-state index contributed by atoms with van der Waals surface area (Å²) >= 11 is 5.49. The van der Waals surface area contributed by atoms with Crippen LogP contribution >= 0.6 is 11.6 Å². The lowest BCUT2D eigenvalue weighted by molar-refractivity contribution is -0.123. The van der Waals surface area contributed by atoms with Gasteiger partial charge in [-0.15, -0.1) is 0 Å². The van der Waals surface area contributed by atoms with Gasteiger partial charge in [-0.25, -0.2) is 4.39 Å². The highest BCUT2D eigenvalue weighted by Crippen LogP contribution is 2.19. The second-order valence-electron chi connectivity index (χ2n) is 2.79. The van der Waals surface area contributed by atoms with Crippen LogP contribution in [0.25, 0.3) is 0 Å². The van der Waals surface area contributed by atoms with Gasteiger partial charge in [-0.3, -0.25) is 4.79 Å². The third-order valence-corrected chi connectivity index (χ3v) is 1.86. The standard InChI is InChI=1S/C9H9ClFNO2/c1-5(13)9(14)12-6-2-3-8(11)7(10)4-6/h2-5,13H,1H3,(H,12,14). The number of nitrogens with one attached hydrogen (secondary N) is 1. The first-order chi connectivity index (χ1) is 6.50. The molecule has 0 fully saturated rings. The second kappa shape index (κ2) is 4.39. The van der Waals surface area contributed by atoms with Gasteiger partial charge in [-0.1, -0.05) is 11.6 Å². The van der Waals surface area contributed by atoms with Crippen LogP contribution in [0.1, 0.15) is 6.92 Å². The van der Waals surface area contributed by atoms with Gasteiger partial charge in [0, 0.05) is 5.69 Å². The number of aliphatic hydroxyl groups excluding tert-OH is 1. The van der Waals surface area contributed by atoms with Crippen LogP contribution in [0, 0.1) is 5.82 Å². The first-order valence-corrected chi connectivity index (χ1v) is 4.32. The number of hydrogen-bond acceptors (Lipinski definition) is 2. The summed E-state index contributed by atoms with van der Waals surface area (Å²) in [5.74, 6) is -1.12. The van der Waals surface area contributed by atoms with Crippen molar-refractivity contribution >= 4 is 23.2 Å². The summed E-state index contributed by atoms with van der Waals surface area (Å²) in [6.07, 6.45) is -1.11. The molecular formula is C9H9ClFNO2. The smallest absolute Gasteiger partial charge is 0.252 e. The van der Waals surface area contributed by atoms with Gasteiger partial charge in [-0.2, -0.15) is 0 Å². The Kier molecular flexibility index (Phi) is 3.43. The van der Waals surface area contributed by atoms with Crippen LogP contribution in [-0.2, 0) is 4.79 Å². The van der Waals surface area contributed by atoms with Crippen molar-refractivity contribution in [2.24, 2.45) is 0 Å². The zero-order valence-corrected chi connectivity index (χ0v) is 8.18. The maximum atomic E-state index is 12.7. The lowest BCUT2D eigenvalue weighted by atomic mass is 10.3. The van der Waals surface area contributed by atoms with Crippen LogP contribution < -0.4 is 5.32 Å². The highest BCUT2D eigenvalue weighted by Gasteiger charge is 2.09. The van der Waals surface area contributed by atoms with Crippen molar-refractivity contribution < 1.29 is 14.3 Å². The molecule has 2 N–H and O–H groups in total. The molecule has 76 valence electrons. The maximum absolute atomic E-state index is 12.7. The Morgan fingerprint density at radius 1 is 1.64 bits per heavy atom. The number of anilines is 1. The molecular weight excluding hydrogens is 209 g/mol. The minimum absolute atomic E-state index is 0.0756. The largest absolute Gasteiger partial charge is 0.384 e. The van der Waals surface area contributed by atoms with E-state index in [1.807, 2.05) is 0 Å². The maximum Gasteiger partial charge on any atom is 0.252 e. The van der Waals surface area contributed by atoms with Crippen molar-refractivity contribution in [2.45, 2.75) is 13.0 Å². The van der Waals surface area contributed by atoms with Crippen LogP contribution in [0.15, 0.2) is 18.2 Å². The predicted octanol–water partition coefficient (Wildman–Crippen LogP) is 1.80. The SMILES string of the molecule is CC(O)C(=O)Nc1ccc(F)c(Cl)c1. The molecule has 0 aromatic heterocycles. The molecule has 0 saturated carbocycles. The van der Waals surface area contributed by atoms with Gasteiger partial charge in [0.2, 0.25) is 0 Å². The highest BCUT2D eigenvalue weighted by atomic mass is 35.5.